The number of rotatable bonds is 3. The number of amides is 1. The molecular weight excluding hydrogens is 355 g/mol. The van der Waals surface area contributed by atoms with Crippen LogP contribution in [0.25, 0.3) is 11.1 Å². The average molecular weight is 380 g/mol. The molecule has 0 radical (unpaired) electrons. The van der Waals surface area contributed by atoms with Crippen LogP contribution in [-0.4, -0.2) is 35.1 Å². The van der Waals surface area contributed by atoms with E-state index in [1.54, 1.807) is 6.07 Å². The van der Waals surface area contributed by atoms with Crippen molar-refractivity contribution >= 4 is 11.6 Å². The third-order valence-electron chi connectivity index (χ3n) is 6.76. The number of halogens is 1. The molecule has 0 aromatic heterocycles. The first-order chi connectivity index (χ1) is 13.7. The van der Waals surface area contributed by atoms with Crippen molar-refractivity contribution in [1.29, 1.82) is 0 Å². The Hall–Kier alpha value is -2.40. The monoisotopic (exact) mass is 380 g/mol. The van der Waals surface area contributed by atoms with E-state index in [1.807, 2.05) is 23.1 Å². The molecule has 5 rings (SSSR count). The van der Waals surface area contributed by atoms with E-state index < -0.39 is 0 Å². The molecule has 2 N–H and O–H groups in total. The Bertz CT molecular complexity index is 911. The number of aliphatic hydroxyl groups excluding tert-OH is 1. The minimum Gasteiger partial charge on any atom is -0.394 e. The highest BCUT2D eigenvalue weighted by Gasteiger charge is 2.47. The van der Waals surface area contributed by atoms with Gasteiger partial charge < -0.3 is 15.3 Å². The fourth-order valence-electron chi connectivity index (χ4n) is 5.05. The summed E-state index contributed by atoms with van der Waals surface area (Å²) in [5.74, 6) is 0.369. The number of carbonyl (C=O) groups is 1. The second-order valence-electron chi connectivity index (χ2n) is 8.30. The van der Waals surface area contributed by atoms with Gasteiger partial charge in [-0.3, -0.25) is 4.79 Å². The minimum atomic E-state index is -0.255. The summed E-state index contributed by atoms with van der Waals surface area (Å²) >= 11 is 0. The van der Waals surface area contributed by atoms with Gasteiger partial charge in [-0.2, -0.15) is 0 Å². The lowest BCUT2D eigenvalue weighted by molar-refractivity contribution is -0.139. The van der Waals surface area contributed by atoms with Gasteiger partial charge in [0.25, 0.3) is 0 Å². The maximum atomic E-state index is 13.7. The number of hydrogen-bond donors (Lipinski definition) is 2. The number of anilines is 1. The van der Waals surface area contributed by atoms with Crippen LogP contribution < -0.4 is 5.32 Å². The van der Waals surface area contributed by atoms with Crippen molar-refractivity contribution in [3.8, 4) is 11.1 Å². The number of benzene rings is 2. The molecule has 3 aliphatic rings. The van der Waals surface area contributed by atoms with E-state index in [1.165, 1.54) is 12.1 Å². The summed E-state index contributed by atoms with van der Waals surface area (Å²) in [6, 6.07) is 12.6. The first-order valence-electron chi connectivity index (χ1n) is 10.2. The normalized spacial score (nSPS) is 26.2. The molecule has 2 aromatic carbocycles. The van der Waals surface area contributed by atoms with E-state index in [-0.39, 0.29) is 42.3 Å². The highest BCUT2D eigenvalue weighted by molar-refractivity contribution is 5.81. The SMILES string of the molecule is O=C(C1CCC1)N1CC[C@@H]2[C@H]1c1cc(-c3cccc(F)c3)ccc1N[C@@H]2CO. The Balaban J connectivity index is 1.56. The quantitative estimate of drug-likeness (QED) is 0.847. The topological polar surface area (TPSA) is 52.6 Å². The number of hydrogen-bond acceptors (Lipinski definition) is 3. The van der Waals surface area contributed by atoms with Crippen LogP contribution in [0.15, 0.2) is 42.5 Å². The van der Waals surface area contributed by atoms with Crippen molar-refractivity contribution in [3.63, 3.8) is 0 Å². The number of carbonyl (C=O) groups excluding carboxylic acids is 1. The van der Waals surface area contributed by atoms with Gasteiger partial charge in [-0.15, -0.1) is 0 Å². The van der Waals surface area contributed by atoms with Crippen molar-refractivity contribution in [2.24, 2.45) is 11.8 Å². The molecule has 4 nitrogen and oxygen atoms in total. The highest BCUT2D eigenvalue weighted by atomic mass is 19.1. The van der Waals surface area contributed by atoms with Crippen LogP contribution >= 0.6 is 0 Å². The van der Waals surface area contributed by atoms with Crippen LogP contribution in [0.3, 0.4) is 0 Å². The van der Waals surface area contributed by atoms with Crippen LogP contribution in [0.2, 0.25) is 0 Å². The summed E-state index contributed by atoms with van der Waals surface area (Å²) < 4.78 is 13.7. The highest BCUT2D eigenvalue weighted by Crippen LogP contribution is 2.48. The van der Waals surface area contributed by atoms with Crippen molar-refractivity contribution in [2.45, 2.75) is 37.8 Å². The molecule has 2 aliphatic heterocycles. The van der Waals surface area contributed by atoms with E-state index in [9.17, 15) is 14.3 Å². The summed E-state index contributed by atoms with van der Waals surface area (Å²) in [5.41, 5.74) is 3.83. The Morgan fingerprint density at radius 2 is 1.96 bits per heavy atom. The lowest BCUT2D eigenvalue weighted by atomic mass is 9.80. The molecule has 1 saturated heterocycles. The molecule has 0 bridgehead atoms. The van der Waals surface area contributed by atoms with Crippen LogP contribution in [0.4, 0.5) is 10.1 Å². The number of nitrogens with one attached hydrogen (secondary N) is 1. The van der Waals surface area contributed by atoms with Gasteiger partial charge in [-0.05, 0) is 60.2 Å². The van der Waals surface area contributed by atoms with Crippen LogP contribution in [0.5, 0.6) is 0 Å². The van der Waals surface area contributed by atoms with Crippen molar-refractivity contribution in [2.75, 3.05) is 18.5 Å². The predicted molar refractivity (Wildman–Crippen MR) is 106 cm³/mol. The van der Waals surface area contributed by atoms with Gasteiger partial charge in [0.05, 0.1) is 18.7 Å². The molecule has 2 aromatic rings. The molecule has 146 valence electrons. The molecular formula is C23H25FN2O2. The predicted octanol–water partition coefficient (Wildman–Crippen LogP) is 3.97. The molecule has 0 unspecified atom stereocenters. The smallest absolute Gasteiger partial charge is 0.226 e. The van der Waals surface area contributed by atoms with Crippen molar-refractivity contribution < 1.29 is 14.3 Å². The summed E-state index contributed by atoms with van der Waals surface area (Å²) in [4.78, 5) is 15.1. The largest absolute Gasteiger partial charge is 0.394 e. The van der Waals surface area contributed by atoms with Gasteiger partial charge in [0.1, 0.15) is 5.82 Å². The molecule has 1 amide bonds. The first kappa shape index (κ1) is 17.7. The van der Waals surface area contributed by atoms with E-state index >= 15 is 0 Å². The lowest BCUT2D eigenvalue weighted by Crippen LogP contribution is -2.45. The van der Waals surface area contributed by atoms with Crippen LogP contribution in [0.1, 0.15) is 37.3 Å². The van der Waals surface area contributed by atoms with E-state index in [0.29, 0.717) is 0 Å². The standard InChI is InChI=1S/C23H25FN2O2/c24-17-6-2-5-15(11-17)16-7-8-20-19(12-16)22-18(21(13-27)25-20)9-10-26(22)23(28)14-3-1-4-14/h2,5-8,11-12,14,18,21-22,25,27H,1,3-4,9-10,13H2/t18-,21+,22-/m0/s1. The van der Waals surface area contributed by atoms with Gasteiger partial charge in [-0.25, -0.2) is 4.39 Å². The molecule has 3 atom stereocenters. The van der Waals surface area contributed by atoms with Crippen LogP contribution in [-0.2, 0) is 4.79 Å². The number of fused-ring (bicyclic) bond motifs is 3. The Kier molecular flexibility index (Phi) is 4.35. The average Bonchev–Trinajstić information content (AvgIpc) is 3.11. The molecule has 28 heavy (non-hydrogen) atoms. The Morgan fingerprint density at radius 1 is 1.14 bits per heavy atom. The first-order valence-corrected chi connectivity index (χ1v) is 10.2. The molecule has 1 aliphatic carbocycles. The number of nitrogens with zero attached hydrogens (tertiary/aromatic N) is 1. The summed E-state index contributed by atoms with van der Waals surface area (Å²) in [6.45, 7) is 0.796. The third kappa shape index (κ3) is 2.80. The van der Waals surface area contributed by atoms with Gasteiger partial charge in [0.2, 0.25) is 5.91 Å². The van der Waals surface area contributed by atoms with Crippen LogP contribution in [0, 0.1) is 17.7 Å². The fourth-order valence-corrected chi connectivity index (χ4v) is 5.05. The maximum Gasteiger partial charge on any atom is 0.226 e. The number of likely N-dealkylation sites (tertiary alicyclic amines) is 1. The minimum absolute atomic E-state index is 0.0185. The number of aliphatic hydroxyl groups is 1. The maximum absolute atomic E-state index is 13.7. The van der Waals surface area contributed by atoms with E-state index in [0.717, 1.165) is 54.6 Å². The van der Waals surface area contributed by atoms with Gasteiger partial charge in [0, 0.05) is 24.1 Å². The summed E-state index contributed by atoms with van der Waals surface area (Å²) in [6.07, 6.45) is 4.01. The third-order valence-corrected chi connectivity index (χ3v) is 6.76. The zero-order valence-electron chi connectivity index (χ0n) is 15.8. The fraction of sp³-hybridized carbons (Fsp3) is 0.435. The molecule has 5 heteroatoms. The van der Waals surface area contributed by atoms with Gasteiger partial charge in [0.15, 0.2) is 0 Å². The summed E-state index contributed by atoms with van der Waals surface area (Å²) in [5, 5.41) is 13.4. The molecule has 1 saturated carbocycles. The Morgan fingerprint density at radius 3 is 2.68 bits per heavy atom. The van der Waals surface area contributed by atoms with Gasteiger partial charge >= 0.3 is 0 Å². The molecule has 2 fully saturated rings. The lowest BCUT2D eigenvalue weighted by Gasteiger charge is -2.41. The van der Waals surface area contributed by atoms with Gasteiger partial charge in [-0.1, -0.05) is 24.6 Å². The molecule has 2 heterocycles. The summed E-state index contributed by atoms with van der Waals surface area (Å²) in [7, 11) is 0. The van der Waals surface area contributed by atoms with E-state index in [4.69, 9.17) is 0 Å². The Labute approximate surface area is 164 Å². The molecule has 0 spiro atoms. The second-order valence-corrected chi connectivity index (χ2v) is 8.30. The van der Waals surface area contributed by atoms with Crippen molar-refractivity contribution in [1.82, 2.24) is 4.90 Å². The second kappa shape index (κ2) is 6.89. The van der Waals surface area contributed by atoms with Crippen molar-refractivity contribution in [3.05, 3.63) is 53.8 Å². The van der Waals surface area contributed by atoms with E-state index in [2.05, 4.69) is 11.4 Å². The zero-order chi connectivity index (χ0) is 19.3. The zero-order valence-corrected chi connectivity index (χ0v) is 15.8.